The zero-order valence-electron chi connectivity index (χ0n) is 19.6. The number of hydrogen-bond acceptors (Lipinski definition) is 7. The summed E-state index contributed by atoms with van der Waals surface area (Å²) < 4.78 is 13.1. The zero-order chi connectivity index (χ0) is 23.9. The van der Waals surface area contributed by atoms with Crippen LogP contribution in [-0.2, 0) is 11.3 Å². The molecule has 2 aromatic carbocycles. The van der Waals surface area contributed by atoms with Gasteiger partial charge in [-0.2, -0.15) is 0 Å². The number of carboxylic acid groups (broad SMARTS) is 1. The van der Waals surface area contributed by atoms with E-state index in [-0.39, 0.29) is 6.10 Å². The largest absolute Gasteiger partial charge is 0.478 e. The Morgan fingerprint density at radius 3 is 2.71 bits per heavy atom. The number of rotatable bonds is 7. The Hall–Kier alpha value is -3.23. The summed E-state index contributed by atoms with van der Waals surface area (Å²) in [4.78, 5) is 18.3. The van der Waals surface area contributed by atoms with Gasteiger partial charge in [-0.3, -0.25) is 0 Å². The van der Waals surface area contributed by atoms with E-state index in [0.717, 1.165) is 76.7 Å². The van der Waals surface area contributed by atoms with Crippen molar-refractivity contribution in [3.05, 3.63) is 64.9 Å². The highest BCUT2D eigenvalue weighted by molar-refractivity contribution is 7.22. The first-order valence-electron chi connectivity index (χ1n) is 12.1. The third kappa shape index (κ3) is 4.44. The number of nitrogens with zero attached hydrogens (tertiary/aromatic N) is 3. The molecule has 1 N–H and O–H groups in total. The van der Waals surface area contributed by atoms with Crippen LogP contribution < -0.4 is 4.90 Å². The third-order valence-corrected chi connectivity index (χ3v) is 8.05. The van der Waals surface area contributed by atoms with Crippen LogP contribution in [0.15, 0.2) is 47.0 Å². The van der Waals surface area contributed by atoms with Gasteiger partial charge in [0.1, 0.15) is 11.5 Å². The summed E-state index contributed by atoms with van der Waals surface area (Å²) in [5.41, 5.74) is 5.45. The van der Waals surface area contributed by atoms with Crippen LogP contribution in [0.3, 0.4) is 0 Å². The molecular weight excluding hydrogens is 462 g/mol. The Morgan fingerprint density at radius 1 is 1.17 bits per heavy atom. The van der Waals surface area contributed by atoms with Crippen LogP contribution in [0.1, 0.15) is 58.8 Å². The van der Waals surface area contributed by atoms with Gasteiger partial charge in [-0.1, -0.05) is 40.8 Å². The van der Waals surface area contributed by atoms with Crippen molar-refractivity contribution in [3.63, 3.8) is 0 Å². The second kappa shape index (κ2) is 9.09. The minimum absolute atomic E-state index is 0.172. The van der Waals surface area contributed by atoms with Crippen molar-refractivity contribution in [3.8, 4) is 11.3 Å². The number of aryl methyl sites for hydroxylation is 1. The van der Waals surface area contributed by atoms with Gasteiger partial charge in [0.05, 0.1) is 28.5 Å². The molecule has 0 bridgehead atoms. The molecule has 6 rings (SSSR count). The normalized spacial score (nSPS) is 16.8. The maximum absolute atomic E-state index is 11.3. The van der Waals surface area contributed by atoms with Gasteiger partial charge in [0.2, 0.25) is 0 Å². The van der Waals surface area contributed by atoms with Crippen LogP contribution >= 0.6 is 11.3 Å². The molecule has 180 valence electrons. The zero-order valence-corrected chi connectivity index (χ0v) is 20.4. The number of aromatic nitrogens is 2. The van der Waals surface area contributed by atoms with E-state index in [0.29, 0.717) is 18.1 Å². The number of anilines is 1. The average Bonchev–Trinajstić information content (AvgIpc) is 3.48. The number of aromatic carboxylic acids is 1. The van der Waals surface area contributed by atoms with Crippen molar-refractivity contribution in [2.75, 3.05) is 18.0 Å². The van der Waals surface area contributed by atoms with Gasteiger partial charge in [0.15, 0.2) is 5.13 Å². The molecule has 2 aromatic heterocycles. The highest BCUT2D eigenvalue weighted by Crippen LogP contribution is 2.44. The lowest BCUT2D eigenvalue weighted by Crippen LogP contribution is -2.36. The molecule has 1 saturated heterocycles. The number of hydrogen-bond donors (Lipinski definition) is 1. The Balaban J connectivity index is 1.13. The number of carboxylic acids is 1. The van der Waals surface area contributed by atoms with Crippen LogP contribution in [0.2, 0.25) is 0 Å². The quantitative estimate of drug-likeness (QED) is 0.339. The Bertz CT molecular complexity index is 1380. The fraction of sp³-hybridized carbons (Fsp3) is 0.370. The lowest BCUT2D eigenvalue weighted by atomic mass is 10.0. The molecule has 0 radical (unpaired) electrons. The first kappa shape index (κ1) is 22.2. The summed E-state index contributed by atoms with van der Waals surface area (Å²) in [6.45, 7) is 4.34. The topological polar surface area (TPSA) is 88.7 Å². The number of carbonyl (C=O) groups is 1. The third-order valence-electron chi connectivity index (χ3n) is 6.97. The Morgan fingerprint density at radius 2 is 1.97 bits per heavy atom. The smallest absolute Gasteiger partial charge is 0.335 e. The molecule has 1 aliphatic heterocycles. The van der Waals surface area contributed by atoms with Crippen molar-refractivity contribution >= 4 is 32.7 Å². The van der Waals surface area contributed by atoms with E-state index < -0.39 is 5.97 Å². The van der Waals surface area contributed by atoms with Crippen molar-refractivity contribution in [2.24, 2.45) is 0 Å². The van der Waals surface area contributed by atoms with Gasteiger partial charge in [-0.25, -0.2) is 9.78 Å². The van der Waals surface area contributed by atoms with Crippen LogP contribution in [0, 0.1) is 6.92 Å². The number of piperidine rings is 1. The molecular formula is C27H27N3O4S. The van der Waals surface area contributed by atoms with E-state index in [1.54, 1.807) is 29.5 Å². The molecule has 3 heterocycles. The number of fused-ring (bicyclic) bond motifs is 1. The first-order chi connectivity index (χ1) is 17.1. The number of benzene rings is 2. The fourth-order valence-electron chi connectivity index (χ4n) is 4.77. The first-order valence-corrected chi connectivity index (χ1v) is 12.9. The summed E-state index contributed by atoms with van der Waals surface area (Å²) in [7, 11) is 0. The van der Waals surface area contributed by atoms with Gasteiger partial charge < -0.3 is 19.3 Å². The minimum atomic E-state index is -0.914. The monoisotopic (exact) mass is 489 g/mol. The van der Waals surface area contributed by atoms with E-state index in [2.05, 4.69) is 29.1 Å². The van der Waals surface area contributed by atoms with Gasteiger partial charge in [-0.15, -0.1) is 0 Å². The number of ether oxygens (including phenoxy) is 1. The van der Waals surface area contributed by atoms with Gasteiger partial charge in [-0.05, 0) is 56.4 Å². The van der Waals surface area contributed by atoms with Gasteiger partial charge >= 0.3 is 5.97 Å². The molecule has 2 fully saturated rings. The molecule has 35 heavy (non-hydrogen) atoms. The van der Waals surface area contributed by atoms with Crippen LogP contribution in [0.5, 0.6) is 0 Å². The van der Waals surface area contributed by atoms with Crippen molar-refractivity contribution in [2.45, 2.75) is 51.2 Å². The van der Waals surface area contributed by atoms with Gasteiger partial charge in [0.25, 0.3) is 0 Å². The molecule has 2 aliphatic rings. The van der Waals surface area contributed by atoms with E-state index >= 15 is 0 Å². The maximum Gasteiger partial charge on any atom is 0.335 e. The summed E-state index contributed by atoms with van der Waals surface area (Å²) in [5, 5.41) is 14.6. The second-order valence-corrected chi connectivity index (χ2v) is 10.5. The molecule has 0 spiro atoms. The lowest BCUT2D eigenvalue weighted by Gasteiger charge is -2.31. The molecule has 7 nitrogen and oxygen atoms in total. The minimum Gasteiger partial charge on any atom is -0.478 e. The SMILES string of the molecule is Cc1ccccc1-c1noc(C2CC2)c1COC1CCN(c2nc3ccc(C(=O)O)cc3s2)CC1. The summed E-state index contributed by atoms with van der Waals surface area (Å²) in [5.74, 6) is 0.556. The fourth-order valence-corrected chi connectivity index (χ4v) is 5.83. The molecule has 8 heteroatoms. The van der Waals surface area contributed by atoms with Crippen LogP contribution in [-0.4, -0.2) is 40.4 Å². The Labute approximate surface area is 207 Å². The average molecular weight is 490 g/mol. The molecule has 1 aliphatic carbocycles. The summed E-state index contributed by atoms with van der Waals surface area (Å²) in [6, 6.07) is 13.4. The standard InChI is InChI=1S/C27H27N3O4S/c1-16-4-2-3-5-20(16)24-21(25(34-29-24)17-6-7-17)15-33-19-10-12-30(13-11-19)27-28-22-9-8-18(26(31)32)14-23(22)35-27/h2-5,8-9,14,17,19H,6-7,10-13,15H2,1H3,(H,31,32). The highest BCUT2D eigenvalue weighted by atomic mass is 32.1. The lowest BCUT2D eigenvalue weighted by molar-refractivity contribution is 0.0246. The van der Waals surface area contributed by atoms with Crippen molar-refractivity contribution < 1.29 is 19.2 Å². The predicted molar refractivity (Wildman–Crippen MR) is 135 cm³/mol. The number of thiazole rings is 1. The van der Waals surface area contributed by atoms with E-state index in [1.165, 1.54) is 5.56 Å². The van der Waals surface area contributed by atoms with E-state index in [1.807, 2.05) is 12.1 Å². The Kier molecular flexibility index (Phi) is 5.78. The van der Waals surface area contributed by atoms with Gasteiger partial charge in [0, 0.05) is 30.1 Å². The molecule has 0 atom stereocenters. The van der Waals surface area contributed by atoms with Crippen LogP contribution in [0.25, 0.3) is 21.5 Å². The second-order valence-electron chi connectivity index (χ2n) is 9.44. The highest BCUT2D eigenvalue weighted by Gasteiger charge is 2.33. The van der Waals surface area contributed by atoms with Crippen LogP contribution in [0.4, 0.5) is 5.13 Å². The van der Waals surface area contributed by atoms with E-state index in [9.17, 15) is 9.90 Å². The molecule has 0 amide bonds. The predicted octanol–water partition coefficient (Wildman–Crippen LogP) is 6.02. The maximum atomic E-state index is 11.3. The van der Waals surface area contributed by atoms with Crippen molar-refractivity contribution in [1.29, 1.82) is 0 Å². The summed E-state index contributed by atoms with van der Waals surface area (Å²) >= 11 is 1.55. The molecule has 0 unspecified atom stereocenters. The molecule has 4 aromatic rings. The van der Waals surface area contributed by atoms with Crippen molar-refractivity contribution in [1.82, 2.24) is 10.1 Å². The molecule has 1 saturated carbocycles. The summed E-state index contributed by atoms with van der Waals surface area (Å²) in [6.07, 6.45) is 4.32. The van der Waals surface area contributed by atoms with E-state index in [4.69, 9.17) is 14.2 Å².